The van der Waals surface area contributed by atoms with Gasteiger partial charge < -0.3 is 15.4 Å². The topological polar surface area (TPSA) is 63.5 Å². The van der Waals surface area contributed by atoms with Crippen LogP contribution in [0, 0.1) is 19.8 Å². The molecule has 6 nitrogen and oxygen atoms in total. The molecule has 1 aromatic carbocycles. The van der Waals surface area contributed by atoms with Gasteiger partial charge in [0.05, 0.1) is 12.3 Å². The highest BCUT2D eigenvalue weighted by Gasteiger charge is 2.02. The van der Waals surface area contributed by atoms with Gasteiger partial charge in [0, 0.05) is 32.4 Å². The van der Waals surface area contributed by atoms with Gasteiger partial charge in [-0.15, -0.1) is 0 Å². The summed E-state index contributed by atoms with van der Waals surface area (Å²) >= 11 is 0. The molecule has 2 N–H and O–H groups in total. The van der Waals surface area contributed by atoms with Crippen molar-refractivity contribution < 1.29 is 4.74 Å². The van der Waals surface area contributed by atoms with Crippen molar-refractivity contribution in [2.45, 2.75) is 47.1 Å². The first kappa shape index (κ1) is 21.8. The maximum Gasteiger partial charge on any atom is 0.190 e. The van der Waals surface area contributed by atoms with Crippen LogP contribution in [0.2, 0.25) is 0 Å². The Morgan fingerprint density at radius 1 is 1.14 bits per heavy atom. The fraction of sp³-hybridized carbons (Fsp3) is 0.545. The first-order chi connectivity index (χ1) is 13.5. The molecule has 6 heteroatoms. The summed E-state index contributed by atoms with van der Waals surface area (Å²) in [6.45, 7) is 11.8. The van der Waals surface area contributed by atoms with Gasteiger partial charge in [0.2, 0.25) is 0 Å². The van der Waals surface area contributed by atoms with E-state index in [-0.39, 0.29) is 0 Å². The molecule has 0 unspecified atom stereocenters. The molecular formula is C22H35N5O. The number of hydrogen-bond acceptors (Lipinski definition) is 3. The number of ether oxygens (including phenoxy) is 1. The van der Waals surface area contributed by atoms with Gasteiger partial charge in [-0.1, -0.05) is 26.0 Å². The van der Waals surface area contributed by atoms with E-state index in [9.17, 15) is 0 Å². The number of nitrogens with zero attached hydrogens (tertiary/aromatic N) is 3. The predicted molar refractivity (Wildman–Crippen MR) is 116 cm³/mol. The Morgan fingerprint density at radius 3 is 2.46 bits per heavy atom. The van der Waals surface area contributed by atoms with Crippen LogP contribution in [0.5, 0.6) is 5.75 Å². The normalized spacial score (nSPS) is 11.7. The number of aryl methyl sites for hydroxylation is 3. The third kappa shape index (κ3) is 7.62. The highest BCUT2D eigenvalue weighted by Crippen LogP contribution is 2.13. The number of nitrogens with one attached hydrogen (secondary N) is 2. The maximum absolute atomic E-state index is 5.73. The Bertz CT molecular complexity index is 734. The number of hydrogen-bond donors (Lipinski definition) is 2. The molecule has 1 heterocycles. The van der Waals surface area contributed by atoms with E-state index in [1.165, 1.54) is 11.3 Å². The van der Waals surface area contributed by atoms with E-state index in [4.69, 9.17) is 4.74 Å². The van der Waals surface area contributed by atoms with Crippen LogP contribution in [-0.2, 0) is 13.0 Å². The average Bonchev–Trinajstić information content (AvgIpc) is 3.00. The lowest BCUT2D eigenvalue weighted by Crippen LogP contribution is -2.39. The molecule has 0 bridgehead atoms. The zero-order valence-corrected chi connectivity index (χ0v) is 18.0. The number of rotatable bonds is 10. The molecule has 0 radical (unpaired) electrons. The van der Waals surface area contributed by atoms with Gasteiger partial charge in [0.15, 0.2) is 5.96 Å². The lowest BCUT2D eigenvalue weighted by Gasteiger charge is -2.13. The molecule has 1 aromatic heterocycles. The summed E-state index contributed by atoms with van der Waals surface area (Å²) in [5.74, 6) is 2.31. The number of aliphatic imine (C=N–C) groups is 1. The Labute approximate surface area is 169 Å². The summed E-state index contributed by atoms with van der Waals surface area (Å²) in [4.78, 5) is 4.29. The van der Waals surface area contributed by atoms with Crippen LogP contribution >= 0.6 is 0 Å². The van der Waals surface area contributed by atoms with Gasteiger partial charge in [-0.2, -0.15) is 5.10 Å². The van der Waals surface area contributed by atoms with Crippen LogP contribution in [0.15, 0.2) is 35.3 Å². The van der Waals surface area contributed by atoms with Crippen molar-refractivity contribution in [2.75, 3.05) is 26.7 Å². The maximum atomic E-state index is 5.73. The van der Waals surface area contributed by atoms with Gasteiger partial charge in [-0.3, -0.25) is 9.67 Å². The summed E-state index contributed by atoms with van der Waals surface area (Å²) in [6, 6.07) is 10.5. The van der Waals surface area contributed by atoms with Crippen LogP contribution in [0.4, 0.5) is 0 Å². The molecule has 0 atom stereocenters. The average molecular weight is 386 g/mol. The van der Waals surface area contributed by atoms with Crippen LogP contribution in [-0.4, -0.2) is 42.5 Å². The second-order valence-electron chi connectivity index (χ2n) is 7.53. The monoisotopic (exact) mass is 385 g/mol. The molecule has 28 heavy (non-hydrogen) atoms. The third-order valence-electron chi connectivity index (χ3n) is 4.38. The molecule has 0 aliphatic rings. The van der Waals surface area contributed by atoms with Crippen molar-refractivity contribution >= 4 is 5.96 Å². The van der Waals surface area contributed by atoms with Crippen LogP contribution < -0.4 is 15.4 Å². The van der Waals surface area contributed by atoms with E-state index in [1.54, 1.807) is 7.05 Å². The van der Waals surface area contributed by atoms with Crippen molar-refractivity contribution in [1.29, 1.82) is 0 Å². The SMILES string of the molecule is CN=C(NCCCn1nc(C)cc1C)NCCc1ccc(OCC(C)C)cc1. The van der Waals surface area contributed by atoms with Gasteiger partial charge >= 0.3 is 0 Å². The van der Waals surface area contributed by atoms with E-state index in [0.717, 1.165) is 56.5 Å². The standard InChI is InChI=1S/C22H35N5O/c1-17(2)16-28-21-9-7-20(8-10-21)11-13-25-22(23-5)24-12-6-14-27-19(4)15-18(3)26-27/h7-10,15,17H,6,11-14,16H2,1-5H3,(H2,23,24,25). The third-order valence-corrected chi connectivity index (χ3v) is 4.38. The minimum absolute atomic E-state index is 0.538. The fourth-order valence-corrected chi connectivity index (χ4v) is 2.90. The fourth-order valence-electron chi connectivity index (χ4n) is 2.90. The van der Waals surface area contributed by atoms with E-state index >= 15 is 0 Å². The molecule has 0 amide bonds. The smallest absolute Gasteiger partial charge is 0.190 e. The zero-order valence-electron chi connectivity index (χ0n) is 18.0. The Balaban J connectivity index is 1.64. The van der Waals surface area contributed by atoms with Crippen LogP contribution in [0.3, 0.4) is 0 Å². The van der Waals surface area contributed by atoms with E-state index in [1.807, 2.05) is 19.1 Å². The molecule has 2 rings (SSSR count). The Hall–Kier alpha value is -2.50. The highest BCUT2D eigenvalue weighted by molar-refractivity contribution is 5.79. The lowest BCUT2D eigenvalue weighted by molar-refractivity contribution is 0.271. The predicted octanol–water partition coefficient (Wildman–Crippen LogP) is 3.33. The first-order valence-corrected chi connectivity index (χ1v) is 10.1. The highest BCUT2D eigenvalue weighted by atomic mass is 16.5. The van der Waals surface area contributed by atoms with Crippen molar-refractivity contribution in [3.05, 3.63) is 47.3 Å². The molecule has 0 saturated heterocycles. The number of benzene rings is 1. The summed E-state index contributed by atoms with van der Waals surface area (Å²) < 4.78 is 7.78. The molecule has 0 aliphatic heterocycles. The van der Waals surface area contributed by atoms with Gasteiger partial charge in [0.1, 0.15) is 5.75 Å². The molecular weight excluding hydrogens is 350 g/mol. The minimum atomic E-state index is 0.538. The molecule has 154 valence electrons. The number of guanidine groups is 1. The van der Waals surface area contributed by atoms with E-state index in [0.29, 0.717) is 5.92 Å². The summed E-state index contributed by atoms with van der Waals surface area (Å²) in [5.41, 5.74) is 3.56. The summed E-state index contributed by atoms with van der Waals surface area (Å²) in [5, 5.41) is 11.2. The van der Waals surface area contributed by atoms with Gasteiger partial charge in [-0.25, -0.2) is 0 Å². The lowest BCUT2D eigenvalue weighted by atomic mass is 10.1. The summed E-state index contributed by atoms with van der Waals surface area (Å²) in [7, 11) is 1.80. The Kier molecular flexibility index (Phi) is 8.85. The molecule has 0 spiro atoms. The van der Waals surface area contributed by atoms with Crippen molar-refractivity contribution in [1.82, 2.24) is 20.4 Å². The van der Waals surface area contributed by atoms with Crippen molar-refractivity contribution in [2.24, 2.45) is 10.9 Å². The Morgan fingerprint density at radius 2 is 1.86 bits per heavy atom. The molecule has 0 fully saturated rings. The van der Waals surface area contributed by atoms with Crippen LogP contribution in [0.25, 0.3) is 0 Å². The second kappa shape index (κ2) is 11.4. The molecule has 0 saturated carbocycles. The van der Waals surface area contributed by atoms with E-state index < -0.39 is 0 Å². The molecule has 0 aliphatic carbocycles. The first-order valence-electron chi connectivity index (χ1n) is 10.1. The van der Waals surface area contributed by atoms with Gasteiger partial charge in [-0.05, 0) is 56.4 Å². The van der Waals surface area contributed by atoms with Crippen LogP contribution in [0.1, 0.15) is 37.2 Å². The molecule has 2 aromatic rings. The quantitative estimate of drug-likeness (QED) is 0.374. The largest absolute Gasteiger partial charge is 0.493 e. The number of aromatic nitrogens is 2. The van der Waals surface area contributed by atoms with Crippen molar-refractivity contribution in [3.8, 4) is 5.75 Å². The van der Waals surface area contributed by atoms with E-state index in [2.05, 4.69) is 64.4 Å². The van der Waals surface area contributed by atoms with Gasteiger partial charge in [0.25, 0.3) is 0 Å². The minimum Gasteiger partial charge on any atom is -0.493 e. The summed E-state index contributed by atoms with van der Waals surface area (Å²) in [6.07, 6.45) is 1.94. The van der Waals surface area contributed by atoms with Crippen molar-refractivity contribution in [3.63, 3.8) is 0 Å². The second-order valence-corrected chi connectivity index (χ2v) is 7.53. The zero-order chi connectivity index (χ0) is 20.4.